The third-order valence-electron chi connectivity index (χ3n) is 4.28. The molecule has 0 heterocycles. The Labute approximate surface area is 181 Å². The van der Waals surface area contributed by atoms with Crippen molar-refractivity contribution in [3.63, 3.8) is 0 Å². The van der Waals surface area contributed by atoms with E-state index in [0.717, 1.165) is 6.41 Å². The van der Waals surface area contributed by atoms with Crippen molar-refractivity contribution in [2.45, 2.75) is 47.1 Å². The van der Waals surface area contributed by atoms with Gasteiger partial charge in [0.15, 0.2) is 5.84 Å². The first-order valence-corrected chi connectivity index (χ1v) is 10.2. The standard InChI is InChI=1S/C24H37N3O3/c1-8-11-13-14-15-18-27(19-28)23(25-30-7)22(20(4)5)26(6)24(29)21(16-10-3)17-12-9-2/h8-14,16-17,19-20,22H,15,18H2,1-7H3/b11-8-,12-9+,14-13-,16-10-,21-17+,25-23-. The van der Waals surface area contributed by atoms with Gasteiger partial charge < -0.3 is 9.74 Å². The molecule has 6 nitrogen and oxygen atoms in total. The zero-order valence-electron chi connectivity index (χ0n) is 19.4. The summed E-state index contributed by atoms with van der Waals surface area (Å²) in [5, 5.41) is 4.13. The van der Waals surface area contributed by atoms with Gasteiger partial charge >= 0.3 is 0 Å². The van der Waals surface area contributed by atoms with E-state index in [1.807, 2.05) is 77.2 Å². The lowest BCUT2D eigenvalue weighted by Gasteiger charge is -2.35. The minimum absolute atomic E-state index is 0.00226. The molecular formula is C24H37N3O3. The van der Waals surface area contributed by atoms with E-state index in [4.69, 9.17) is 4.84 Å². The van der Waals surface area contributed by atoms with Gasteiger partial charge in [-0.15, -0.1) is 0 Å². The van der Waals surface area contributed by atoms with Gasteiger partial charge in [0.05, 0.1) is 6.04 Å². The third-order valence-corrected chi connectivity index (χ3v) is 4.28. The van der Waals surface area contributed by atoms with E-state index in [9.17, 15) is 9.59 Å². The number of nitrogens with zero attached hydrogens (tertiary/aromatic N) is 3. The summed E-state index contributed by atoms with van der Waals surface area (Å²) < 4.78 is 0. The zero-order chi connectivity index (χ0) is 22.9. The second kappa shape index (κ2) is 16.0. The summed E-state index contributed by atoms with van der Waals surface area (Å²) in [5.74, 6) is 0.249. The Bertz CT molecular complexity index is 700. The van der Waals surface area contributed by atoms with Gasteiger partial charge in [0.2, 0.25) is 6.41 Å². The fourth-order valence-electron chi connectivity index (χ4n) is 2.92. The summed E-state index contributed by atoms with van der Waals surface area (Å²) in [6.45, 7) is 10.1. The highest BCUT2D eigenvalue weighted by Gasteiger charge is 2.32. The highest BCUT2D eigenvalue weighted by molar-refractivity contribution is 6.02. The number of amidine groups is 1. The quantitative estimate of drug-likeness (QED) is 0.118. The predicted octanol–water partition coefficient (Wildman–Crippen LogP) is 4.49. The number of amides is 2. The zero-order valence-corrected chi connectivity index (χ0v) is 19.4. The Kier molecular flexibility index (Phi) is 14.4. The summed E-state index contributed by atoms with van der Waals surface area (Å²) in [6, 6.07) is -0.443. The van der Waals surface area contributed by atoms with Crippen LogP contribution >= 0.6 is 0 Å². The Hall–Kier alpha value is -2.89. The van der Waals surface area contributed by atoms with Crippen LogP contribution in [0.15, 0.2) is 65.4 Å². The lowest BCUT2D eigenvalue weighted by Crippen LogP contribution is -2.52. The molecule has 0 fully saturated rings. The lowest BCUT2D eigenvalue weighted by molar-refractivity contribution is -0.127. The van der Waals surface area contributed by atoms with Gasteiger partial charge in [-0.05, 0) is 39.2 Å². The Morgan fingerprint density at radius 2 is 1.73 bits per heavy atom. The molecule has 0 radical (unpaired) electrons. The van der Waals surface area contributed by atoms with Crippen LogP contribution in [0.3, 0.4) is 0 Å². The normalized spacial score (nSPS) is 14.4. The fraction of sp³-hybridized carbons (Fsp3) is 0.458. The molecule has 0 saturated heterocycles. The molecule has 0 saturated carbocycles. The minimum Gasteiger partial charge on any atom is -0.398 e. The molecule has 0 aromatic carbocycles. The largest absolute Gasteiger partial charge is 0.398 e. The van der Waals surface area contributed by atoms with Gasteiger partial charge in [0, 0.05) is 19.2 Å². The van der Waals surface area contributed by atoms with Gasteiger partial charge in [-0.1, -0.05) is 67.6 Å². The van der Waals surface area contributed by atoms with Gasteiger partial charge in [-0.25, -0.2) is 0 Å². The van der Waals surface area contributed by atoms with Gasteiger partial charge in [0.1, 0.15) is 7.11 Å². The van der Waals surface area contributed by atoms with Crippen molar-refractivity contribution in [2.24, 2.45) is 11.1 Å². The van der Waals surface area contributed by atoms with Gasteiger partial charge in [0.25, 0.3) is 5.91 Å². The molecule has 0 bridgehead atoms. The number of carbonyl (C=O) groups excluding carboxylic acids is 2. The monoisotopic (exact) mass is 415 g/mol. The molecular weight excluding hydrogens is 378 g/mol. The molecule has 0 N–H and O–H groups in total. The van der Waals surface area contributed by atoms with Crippen molar-refractivity contribution in [1.29, 1.82) is 0 Å². The molecule has 0 rings (SSSR count). The molecule has 166 valence electrons. The maximum atomic E-state index is 13.2. The molecule has 1 unspecified atom stereocenters. The van der Waals surface area contributed by atoms with Crippen LogP contribution < -0.4 is 0 Å². The van der Waals surface area contributed by atoms with Crippen LogP contribution in [0, 0.1) is 5.92 Å². The highest BCUT2D eigenvalue weighted by Crippen LogP contribution is 2.17. The molecule has 30 heavy (non-hydrogen) atoms. The van der Waals surface area contributed by atoms with Crippen LogP contribution in [0.1, 0.15) is 41.0 Å². The summed E-state index contributed by atoms with van der Waals surface area (Å²) >= 11 is 0. The van der Waals surface area contributed by atoms with E-state index >= 15 is 0 Å². The van der Waals surface area contributed by atoms with E-state index in [1.165, 1.54) is 12.0 Å². The average Bonchev–Trinajstić information content (AvgIpc) is 2.72. The number of hydrogen-bond donors (Lipinski definition) is 0. The second-order valence-electron chi connectivity index (χ2n) is 6.93. The number of hydrogen-bond acceptors (Lipinski definition) is 4. The molecule has 0 aliphatic heterocycles. The van der Waals surface area contributed by atoms with E-state index in [-0.39, 0.29) is 11.8 Å². The van der Waals surface area contributed by atoms with E-state index in [2.05, 4.69) is 5.16 Å². The summed E-state index contributed by atoms with van der Waals surface area (Å²) in [6.07, 6.45) is 18.2. The number of oxime groups is 1. The smallest absolute Gasteiger partial charge is 0.254 e. The topological polar surface area (TPSA) is 62.2 Å². The lowest BCUT2D eigenvalue weighted by atomic mass is 9.99. The van der Waals surface area contributed by atoms with Gasteiger partial charge in [-0.2, -0.15) is 0 Å². The third kappa shape index (κ3) is 9.07. The summed E-state index contributed by atoms with van der Waals surface area (Å²) in [5.41, 5.74) is 0.549. The Balaban J connectivity index is 5.92. The fourth-order valence-corrected chi connectivity index (χ4v) is 2.92. The molecule has 1 atom stereocenters. The molecule has 0 aromatic heterocycles. The van der Waals surface area contributed by atoms with Crippen molar-refractivity contribution in [3.05, 3.63) is 60.3 Å². The van der Waals surface area contributed by atoms with Crippen LogP contribution in [0.25, 0.3) is 0 Å². The number of likely N-dealkylation sites (N-methyl/N-ethyl adjacent to an activating group) is 1. The van der Waals surface area contributed by atoms with Crippen molar-refractivity contribution < 1.29 is 14.4 Å². The maximum absolute atomic E-state index is 13.2. The highest BCUT2D eigenvalue weighted by atomic mass is 16.6. The molecule has 2 amide bonds. The minimum atomic E-state index is -0.443. The van der Waals surface area contributed by atoms with Crippen LogP contribution in [0.5, 0.6) is 0 Å². The predicted molar refractivity (Wildman–Crippen MR) is 125 cm³/mol. The average molecular weight is 416 g/mol. The van der Waals surface area contributed by atoms with Crippen LogP contribution in [0.2, 0.25) is 0 Å². The first-order chi connectivity index (χ1) is 14.4. The van der Waals surface area contributed by atoms with E-state index in [0.29, 0.717) is 24.4 Å². The summed E-state index contributed by atoms with van der Waals surface area (Å²) in [7, 11) is 3.16. The van der Waals surface area contributed by atoms with Crippen molar-refractivity contribution in [3.8, 4) is 0 Å². The first-order valence-electron chi connectivity index (χ1n) is 10.2. The number of allylic oxidation sites excluding steroid dienone is 7. The van der Waals surface area contributed by atoms with E-state index < -0.39 is 6.04 Å². The van der Waals surface area contributed by atoms with Gasteiger partial charge in [-0.3, -0.25) is 14.5 Å². The van der Waals surface area contributed by atoms with Crippen molar-refractivity contribution in [1.82, 2.24) is 9.80 Å². The Morgan fingerprint density at radius 3 is 2.23 bits per heavy atom. The van der Waals surface area contributed by atoms with Crippen LogP contribution in [0.4, 0.5) is 0 Å². The van der Waals surface area contributed by atoms with Crippen LogP contribution in [-0.2, 0) is 14.4 Å². The molecule has 0 aliphatic rings. The maximum Gasteiger partial charge on any atom is 0.254 e. The Morgan fingerprint density at radius 1 is 1.07 bits per heavy atom. The van der Waals surface area contributed by atoms with Crippen LogP contribution in [-0.4, -0.2) is 54.7 Å². The number of carbonyl (C=O) groups is 2. The number of rotatable bonds is 12. The second-order valence-corrected chi connectivity index (χ2v) is 6.93. The molecule has 0 aromatic rings. The van der Waals surface area contributed by atoms with Crippen molar-refractivity contribution >= 4 is 18.2 Å². The molecule has 0 spiro atoms. The molecule has 0 aliphatic carbocycles. The summed E-state index contributed by atoms with van der Waals surface area (Å²) in [4.78, 5) is 33.2. The van der Waals surface area contributed by atoms with Crippen molar-refractivity contribution in [2.75, 3.05) is 20.7 Å². The first kappa shape index (κ1) is 27.1. The SMILES string of the molecule is C/C=C\C=C/CCN(C=O)/C(=N\OC)C(C(C)C)N(C)C(=O)C(/C=C\C)=C/C=C/C. The van der Waals surface area contributed by atoms with E-state index in [1.54, 1.807) is 24.1 Å². The molecule has 6 heteroatoms.